The van der Waals surface area contributed by atoms with Crippen molar-refractivity contribution in [3.8, 4) is 0 Å². The van der Waals surface area contributed by atoms with Crippen molar-refractivity contribution < 1.29 is 37.3 Å². The standard InChI is InChI=1S/C40H70NO7P/c1-6-8-10-12-14-15-16-17-18-19-20-21-22-23-24-25-26-28-30-32-35-45-37-39(38-47-49(43,44)46-36-34-41(3,4)5)48-40(42)33-31-29-27-13-11-9-7-2/h8,10,14-15,17-18,20-21,23-24,26,28,39H,6-7,9,11-13,16,19,22,25,27,29-38H2,1-5H3/b10-8-,15-14-,18-17-,21-20-,24-23-,28-26-. The first-order valence-corrected chi connectivity index (χ1v) is 20.1. The van der Waals surface area contributed by atoms with Crippen LogP contribution in [0.4, 0.5) is 0 Å². The highest BCUT2D eigenvalue weighted by Crippen LogP contribution is 2.38. The highest BCUT2D eigenvalue weighted by molar-refractivity contribution is 7.45. The third-order valence-electron chi connectivity index (χ3n) is 7.27. The summed E-state index contributed by atoms with van der Waals surface area (Å²) in [4.78, 5) is 24.8. The molecule has 0 aromatic rings. The van der Waals surface area contributed by atoms with E-state index < -0.39 is 13.9 Å². The van der Waals surface area contributed by atoms with Gasteiger partial charge in [0.15, 0.2) is 0 Å². The molecule has 0 aliphatic heterocycles. The molecule has 0 N–H and O–H groups in total. The molecule has 9 heteroatoms. The number of hydrogen-bond donors (Lipinski definition) is 0. The Morgan fingerprint density at radius 3 is 1.69 bits per heavy atom. The van der Waals surface area contributed by atoms with Gasteiger partial charge in [-0.25, -0.2) is 0 Å². The summed E-state index contributed by atoms with van der Waals surface area (Å²) in [5, 5.41) is 0. The number of allylic oxidation sites excluding steroid dienone is 12. The van der Waals surface area contributed by atoms with Gasteiger partial charge in [-0.3, -0.25) is 9.36 Å². The van der Waals surface area contributed by atoms with Gasteiger partial charge in [-0.15, -0.1) is 0 Å². The van der Waals surface area contributed by atoms with Crippen LogP contribution in [-0.2, 0) is 27.9 Å². The third-order valence-corrected chi connectivity index (χ3v) is 8.24. The molecule has 0 aliphatic rings. The number of likely N-dealkylation sites (N-methyl/N-ethyl adjacent to an activating group) is 1. The second kappa shape index (κ2) is 33.1. The molecule has 282 valence electrons. The molecule has 0 heterocycles. The lowest BCUT2D eigenvalue weighted by Gasteiger charge is -2.28. The fourth-order valence-electron chi connectivity index (χ4n) is 4.38. The molecule has 0 aliphatic carbocycles. The lowest BCUT2D eigenvalue weighted by molar-refractivity contribution is -0.870. The van der Waals surface area contributed by atoms with Crippen molar-refractivity contribution >= 4 is 13.8 Å². The van der Waals surface area contributed by atoms with Gasteiger partial charge in [0.05, 0.1) is 34.4 Å². The Bertz CT molecular complexity index is 1010. The summed E-state index contributed by atoms with van der Waals surface area (Å²) in [7, 11) is 1.30. The predicted octanol–water partition coefficient (Wildman–Crippen LogP) is 9.74. The number of carbonyl (C=O) groups excluding carboxylic acids is 1. The molecular weight excluding hydrogens is 637 g/mol. The molecule has 49 heavy (non-hydrogen) atoms. The van der Waals surface area contributed by atoms with Crippen LogP contribution in [0.15, 0.2) is 72.9 Å². The van der Waals surface area contributed by atoms with Crippen LogP contribution in [0, 0.1) is 0 Å². The summed E-state index contributed by atoms with van der Waals surface area (Å²) < 4.78 is 34.2. The molecule has 2 atom stereocenters. The maximum atomic E-state index is 12.5. The summed E-state index contributed by atoms with van der Waals surface area (Å²) in [6.07, 6.45) is 40.9. The summed E-state index contributed by atoms with van der Waals surface area (Å²) >= 11 is 0. The Balaban J connectivity index is 4.34. The third kappa shape index (κ3) is 37.0. The monoisotopic (exact) mass is 707 g/mol. The van der Waals surface area contributed by atoms with Gasteiger partial charge in [0.25, 0.3) is 7.82 Å². The van der Waals surface area contributed by atoms with Gasteiger partial charge >= 0.3 is 5.97 Å². The van der Waals surface area contributed by atoms with E-state index >= 15 is 0 Å². The number of nitrogens with zero attached hydrogens (tertiary/aromatic N) is 1. The fraction of sp³-hybridized carbons (Fsp3) is 0.675. The minimum absolute atomic E-state index is 0.0120. The van der Waals surface area contributed by atoms with Crippen molar-refractivity contribution in [3.05, 3.63) is 72.9 Å². The van der Waals surface area contributed by atoms with Crippen LogP contribution in [0.5, 0.6) is 0 Å². The molecule has 0 radical (unpaired) electrons. The van der Waals surface area contributed by atoms with Crippen molar-refractivity contribution in [2.45, 2.75) is 123 Å². The van der Waals surface area contributed by atoms with Crippen molar-refractivity contribution in [2.24, 2.45) is 0 Å². The molecule has 0 spiro atoms. The normalized spacial score (nSPS) is 14.8. The quantitative estimate of drug-likeness (QED) is 0.0220. The average Bonchev–Trinajstić information content (AvgIpc) is 3.04. The van der Waals surface area contributed by atoms with Crippen LogP contribution in [-0.4, -0.2) is 70.7 Å². The number of quaternary nitrogens is 1. The minimum Gasteiger partial charge on any atom is -0.756 e. The van der Waals surface area contributed by atoms with Gasteiger partial charge < -0.3 is 27.9 Å². The maximum absolute atomic E-state index is 12.5. The van der Waals surface area contributed by atoms with Gasteiger partial charge in [-0.05, 0) is 57.8 Å². The zero-order valence-electron chi connectivity index (χ0n) is 31.6. The largest absolute Gasteiger partial charge is 0.756 e. The van der Waals surface area contributed by atoms with E-state index in [1.807, 2.05) is 21.1 Å². The minimum atomic E-state index is -4.53. The van der Waals surface area contributed by atoms with Crippen LogP contribution in [0.3, 0.4) is 0 Å². The topological polar surface area (TPSA) is 94.1 Å². The number of esters is 1. The molecule has 0 rings (SSSR count). The van der Waals surface area contributed by atoms with Gasteiger partial charge in [0.2, 0.25) is 0 Å². The Hall–Kier alpha value is -2.06. The Morgan fingerprint density at radius 2 is 1.16 bits per heavy atom. The van der Waals surface area contributed by atoms with Crippen LogP contribution in [0.2, 0.25) is 0 Å². The van der Waals surface area contributed by atoms with Gasteiger partial charge in [0.1, 0.15) is 19.3 Å². The first kappa shape index (κ1) is 46.9. The van der Waals surface area contributed by atoms with E-state index in [4.69, 9.17) is 18.5 Å². The molecule has 0 saturated carbocycles. The summed E-state index contributed by atoms with van der Waals surface area (Å²) in [6, 6.07) is 0. The van der Waals surface area contributed by atoms with E-state index in [1.165, 1.54) is 25.7 Å². The zero-order valence-corrected chi connectivity index (χ0v) is 32.5. The van der Waals surface area contributed by atoms with Crippen LogP contribution >= 0.6 is 7.82 Å². The molecule has 0 amide bonds. The molecule has 0 saturated heterocycles. The lowest BCUT2D eigenvalue weighted by Crippen LogP contribution is -2.37. The van der Waals surface area contributed by atoms with E-state index in [0.717, 1.165) is 70.6 Å². The van der Waals surface area contributed by atoms with Gasteiger partial charge in [-0.2, -0.15) is 0 Å². The maximum Gasteiger partial charge on any atom is 0.306 e. The zero-order chi connectivity index (χ0) is 36.3. The van der Waals surface area contributed by atoms with Crippen LogP contribution < -0.4 is 4.89 Å². The van der Waals surface area contributed by atoms with E-state index in [-0.39, 0.29) is 25.8 Å². The van der Waals surface area contributed by atoms with Crippen molar-refractivity contribution in [2.75, 3.05) is 54.1 Å². The van der Waals surface area contributed by atoms with Gasteiger partial charge in [-0.1, -0.05) is 125 Å². The van der Waals surface area contributed by atoms with E-state index in [1.54, 1.807) is 0 Å². The number of rotatable bonds is 33. The smallest absolute Gasteiger partial charge is 0.306 e. The van der Waals surface area contributed by atoms with Crippen molar-refractivity contribution in [1.82, 2.24) is 0 Å². The summed E-state index contributed by atoms with van der Waals surface area (Å²) in [5.41, 5.74) is 0. The van der Waals surface area contributed by atoms with E-state index in [0.29, 0.717) is 24.1 Å². The number of ether oxygens (including phenoxy) is 2. The number of phosphoric acid groups is 1. The first-order valence-electron chi connectivity index (χ1n) is 18.7. The Morgan fingerprint density at radius 1 is 0.653 bits per heavy atom. The van der Waals surface area contributed by atoms with E-state index in [9.17, 15) is 14.3 Å². The van der Waals surface area contributed by atoms with Gasteiger partial charge in [0, 0.05) is 13.0 Å². The molecule has 0 aromatic heterocycles. The molecule has 2 unspecified atom stereocenters. The molecule has 0 aromatic carbocycles. The Labute approximate surface area is 300 Å². The summed E-state index contributed by atoms with van der Waals surface area (Å²) in [6.45, 7) is 5.05. The van der Waals surface area contributed by atoms with Crippen molar-refractivity contribution in [3.63, 3.8) is 0 Å². The second-order valence-corrected chi connectivity index (χ2v) is 14.6. The van der Waals surface area contributed by atoms with E-state index in [2.05, 4.69) is 86.8 Å². The number of hydrogen-bond acceptors (Lipinski definition) is 7. The second-order valence-electron chi connectivity index (χ2n) is 13.2. The van der Waals surface area contributed by atoms with Crippen molar-refractivity contribution in [1.29, 1.82) is 0 Å². The Kier molecular flexibility index (Phi) is 31.7. The fourth-order valence-corrected chi connectivity index (χ4v) is 5.11. The lowest BCUT2D eigenvalue weighted by atomic mass is 10.1. The molecular formula is C40H70NO7P. The first-order chi connectivity index (χ1) is 23.6. The number of phosphoric ester groups is 1. The molecule has 8 nitrogen and oxygen atoms in total. The van der Waals surface area contributed by atoms with Crippen LogP contribution in [0.25, 0.3) is 0 Å². The molecule has 0 fully saturated rings. The predicted molar refractivity (Wildman–Crippen MR) is 203 cm³/mol. The molecule has 0 bridgehead atoms. The summed E-state index contributed by atoms with van der Waals surface area (Å²) in [5.74, 6) is -0.365. The average molecular weight is 708 g/mol. The van der Waals surface area contributed by atoms with Crippen LogP contribution in [0.1, 0.15) is 117 Å². The number of unbranched alkanes of at least 4 members (excludes halogenated alkanes) is 7. The highest BCUT2D eigenvalue weighted by atomic mass is 31.2. The number of carbonyl (C=O) groups is 1. The highest BCUT2D eigenvalue weighted by Gasteiger charge is 2.20. The SMILES string of the molecule is CC/C=C\C/C=C\C/C=C\C/C=C\C/C=C\C/C=C\CCCOCC(COP(=O)([O-])OCC[N+](C)(C)C)OC(=O)CCCCCCCCC.